The molecular weight excluding hydrogens is 352 g/mol. The van der Waals surface area contributed by atoms with Gasteiger partial charge in [0, 0.05) is 0 Å². The Hall–Kier alpha value is -3.11. The van der Waals surface area contributed by atoms with Crippen LogP contribution < -0.4 is 4.74 Å². The van der Waals surface area contributed by atoms with Gasteiger partial charge in [0.2, 0.25) is 0 Å². The average Bonchev–Trinajstić information content (AvgIpc) is 3.37. The van der Waals surface area contributed by atoms with E-state index >= 15 is 0 Å². The van der Waals surface area contributed by atoms with Crippen molar-refractivity contribution in [2.45, 2.75) is 31.7 Å². The van der Waals surface area contributed by atoms with Crippen LogP contribution in [0.25, 0.3) is 11.1 Å². The first-order chi connectivity index (χ1) is 13.6. The molecule has 1 aliphatic heterocycles. The number of carbonyl (C=O) groups is 1. The maximum absolute atomic E-state index is 11.1. The van der Waals surface area contributed by atoms with E-state index in [9.17, 15) is 4.79 Å². The molecule has 2 unspecified atom stereocenters. The van der Waals surface area contributed by atoms with Crippen LogP contribution >= 0.6 is 0 Å². The van der Waals surface area contributed by atoms with Gasteiger partial charge in [0.15, 0.2) is 0 Å². The van der Waals surface area contributed by atoms with Gasteiger partial charge in [-0.1, -0.05) is 66.7 Å². The maximum atomic E-state index is 11.1. The van der Waals surface area contributed by atoms with Gasteiger partial charge < -0.3 is 14.6 Å². The zero-order valence-electron chi connectivity index (χ0n) is 15.7. The van der Waals surface area contributed by atoms with Gasteiger partial charge in [0.05, 0.1) is 12.5 Å². The summed E-state index contributed by atoms with van der Waals surface area (Å²) < 4.78 is 11.5. The van der Waals surface area contributed by atoms with Gasteiger partial charge in [0.25, 0.3) is 0 Å². The Morgan fingerprint density at radius 1 is 0.964 bits per heavy atom. The highest BCUT2D eigenvalue weighted by Crippen LogP contribution is 2.49. The fourth-order valence-corrected chi connectivity index (χ4v) is 3.52. The van der Waals surface area contributed by atoms with Crippen molar-refractivity contribution >= 4 is 5.97 Å². The van der Waals surface area contributed by atoms with Gasteiger partial charge in [-0.2, -0.15) is 0 Å². The van der Waals surface area contributed by atoms with Crippen LogP contribution in [-0.2, 0) is 21.7 Å². The number of hydrogen-bond acceptors (Lipinski definition) is 3. The molecule has 28 heavy (non-hydrogen) atoms. The smallest absolute Gasteiger partial charge is 0.306 e. The molecule has 2 atom stereocenters. The van der Waals surface area contributed by atoms with Gasteiger partial charge in [0.1, 0.15) is 18.0 Å². The fraction of sp³-hybridized carbons (Fsp3) is 0.208. The normalized spacial score (nSPS) is 20.5. The third-order valence-corrected chi connectivity index (χ3v) is 5.21. The van der Waals surface area contributed by atoms with Crippen LogP contribution in [0.2, 0.25) is 0 Å². The van der Waals surface area contributed by atoms with E-state index in [4.69, 9.17) is 14.6 Å². The van der Waals surface area contributed by atoms with E-state index in [1.165, 1.54) is 11.1 Å². The van der Waals surface area contributed by atoms with Gasteiger partial charge in [-0.3, -0.25) is 4.79 Å². The third kappa shape index (κ3) is 3.78. The standard InChI is InChI=1S/C24H22O4/c1-17-24(28-17,15-23(25)26)21-11-13-22(14-12-21)27-16-18-7-9-20(10-8-18)19-5-3-2-4-6-19/h2-14,17H,15-16H2,1H3,(H,25,26). The molecule has 0 aromatic heterocycles. The number of carboxylic acid groups (broad SMARTS) is 1. The lowest BCUT2D eigenvalue weighted by molar-refractivity contribution is -0.138. The van der Waals surface area contributed by atoms with Crippen molar-refractivity contribution in [3.63, 3.8) is 0 Å². The minimum absolute atomic E-state index is 0.0257. The molecule has 1 heterocycles. The van der Waals surface area contributed by atoms with E-state index < -0.39 is 11.6 Å². The second-order valence-electron chi connectivity index (χ2n) is 7.10. The predicted molar refractivity (Wildman–Crippen MR) is 107 cm³/mol. The molecule has 0 saturated carbocycles. The molecule has 1 saturated heterocycles. The zero-order valence-corrected chi connectivity index (χ0v) is 15.7. The van der Waals surface area contributed by atoms with E-state index in [0.29, 0.717) is 6.61 Å². The molecule has 4 rings (SSSR count). The van der Waals surface area contributed by atoms with Crippen LogP contribution in [0.1, 0.15) is 24.5 Å². The number of ether oxygens (including phenoxy) is 2. The van der Waals surface area contributed by atoms with Crippen molar-refractivity contribution in [1.82, 2.24) is 0 Å². The van der Waals surface area contributed by atoms with Crippen LogP contribution in [-0.4, -0.2) is 17.2 Å². The van der Waals surface area contributed by atoms with Crippen molar-refractivity contribution in [3.05, 3.63) is 90.0 Å². The second-order valence-corrected chi connectivity index (χ2v) is 7.10. The highest BCUT2D eigenvalue weighted by molar-refractivity contribution is 5.69. The minimum Gasteiger partial charge on any atom is -0.489 e. The molecule has 0 aliphatic carbocycles. The largest absolute Gasteiger partial charge is 0.489 e. The quantitative estimate of drug-likeness (QED) is 0.590. The van der Waals surface area contributed by atoms with Crippen molar-refractivity contribution < 1.29 is 19.4 Å². The highest BCUT2D eigenvalue weighted by Gasteiger charge is 2.56. The maximum Gasteiger partial charge on any atom is 0.306 e. The SMILES string of the molecule is CC1OC1(CC(=O)O)c1ccc(OCc2ccc(-c3ccccc3)cc2)cc1. The molecule has 4 heteroatoms. The van der Waals surface area contributed by atoms with Crippen LogP contribution in [0, 0.1) is 0 Å². The van der Waals surface area contributed by atoms with Crippen molar-refractivity contribution in [2.24, 2.45) is 0 Å². The summed E-state index contributed by atoms with van der Waals surface area (Å²) in [6.07, 6.45) is -0.110. The van der Waals surface area contributed by atoms with Crippen LogP contribution in [0.15, 0.2) is 78.9 Å². The molecule has 3 aromatic carbocycles. The topological polar surface area (TPSA) is 59.1 Å². The van der Waals surface area contributed by atoms with E-state index in [2.05, 4.69) is 36.4 Å². The molecule has 4 nitrogen and oxygen atoms in total. The van der Waals surface area contributed by atoms with Crippen molar-refractivity contribution in [3.8, 4) is 16.9 Å². The van der Waals surface area contributed by atoms with Crippen molar-refractivity contribution in [2.75, 3.05) is 0 Å². The first-order valence-electron chi connectivity index (χ1n) is 9.34. The Bertz CT molecular complexity index is 948. The van der Waals surface area contributed by atoms with Crippen molar-refractivity contribution in [1.29, 1.82) is 0 Å². The summed E-state index contributed by atoms with van der Waals surface area (Å²) >= 11 is 0. The van der Waals surface area contributed by atoms with E-state index in [0.717, 1.165) is 16.9 Å². The Kier molecular flexibility index (Phi) is 4.88. The highest BCUT2D eigenvalue weighted by atomic mass is 16.6. The number of epoxide rings is 1. The summed E-state index contributed by atoms with van der Waals surface area (Å²) in [7, 11) is 0. The van der Waals surface area contributed by atoms with Gasteiger partial charge in [-0.25, -0.2) is 0 Å². The zero-order chi connectivity index (χ0) is 19.6. The number of carboxylic acids is 1. The van der Waals surface area contributed by atoms with Crippen LogP contribution in [0.3, 0.4) is 0 Å². The fourth-order valence-electron chi connectivity index (χ4n) is 3.52. The third-order valence-electron chi connectivity index (χ3n) is 5.21. The number of rotatable bonds is 7. The lowest BCUT2D eigenvalue weighted by atomic mass is 9.92. The summed E-state index contributed by atoms with van der Waals surface area (Å²) in [5.41, 5.74) is 3.64. The molecule has 142 valence electrons. The van der Waals surface area contributed by atoms with Gasteiger partial charge >= 0.3 is 5.97 Å². The molecule has 1 fully saturated rings. The number of benzene rings is 3. The summed E-state index contributed by atoms with van der Waals surface area (Å²) in [4.78, 5) is 11.1. The van der Waals surface area contributed by atoms with E-state index in [1.807, 2.05) is 49.4 Å². The average molecular weight is 374 g/mol. The summed E-state index contributed by atoms with van der Waals surface area (Å²) in [6, 6.07) is 26.1. The summed E-state index contributed by atoms with van der Waals surface area (Å²) in [5, 5.41) is 9.12. The van der Waals surface area contributed by atoms with Gasteiger partial charge in [-0.15, -0.1) is 0 Å². The minimum atomic E-state index is -0.858. The Balaban J connectivity index is 1.38. The second kappa shape index (κ2) is 7.49. The molecule has 1 N–H and O–H groups in total. The molecule has 0 amide bonds. The van der Waals surface area contributed by atoms with Gasteiger partial charge in [-0.05, 0) is 41.3 Å². The summed E-state index contributed by atoms with van der Waals surface area (Å²) in [5.74, 6) is -0.113. The Labute approximate surface area is 164 Å². The lowest BCUT2D eigenvalue weighted by Gasteiger charge is -2.12. The van der Waals surface area contributed by atoms with E-state index in [1.54, 1.807) is 0 Å². The molecule has 3 aromatic rings. The first kappa shape index (κ1) is 18.3. The molecular formula is C24H22O4. The number of aliphatic carboxylic acids is 1. The first-order valence-corrected chi connectivity index (χ1v) is 9.34. The monoisotopic (exact) mass is 374 g/mol. The molecule has 0 radical (unpaired) electrons. The Morgan fingerprint density at radius 2 is 1.57 bits per heavy atom. The number of hydrogen-bond donors (Lipinski definition) is 1. The predicted octanol–water partition coefficient (Wildman–Crippen LogP) is 5.02. The van der Waals surface area contributed by atoms with Crippen LogP contribution in [0.5, 0.6) is 5.75 Å². The molecule has 0 bridgehead atoms. The molecule has 1 aliphatic rings. The lowest BCUT2D eigenvalue weighted by Crippen LogP contribution is -2.17. The summed E-state index contributed by atoms with van der Waals surface area (Å²) in [6.45, 7) is 2.37. The van der Waals surface area contributed by atoms with E-state index in [-0.39, 0.29) is 12.5 Å². The Morgan fingerprint density at radius 3 is 2.14 bits per heavy atom. The van der Waals surface area contributed by atoms with Crippen LogP contribution in [0.4, 0.5) is 0 Å². The molecule has 0 spiro atoms.